The van der Waals surface area contributed by atoms with Crippen molar-refractivity contribution in [1.29, 1.82) is 0 Å². The number of hydrogen-bond donors (Lipinski definition) is 1. The second-order valence-electron chi connectivity index (χ2n) is 3.81. The molecule has 0 spiro atoms. The lowest BCUT2D eigenvalue weighted by molar-refractivity contribution is 0.451. The van der Waals surface area contributed by atoms with Gasteiger partial charge >= 0.3 is 0 Å². The summed E-state index contributed by atoms with van der Waals surface area (Å²) in [5.41, 5.74) is 4.96. The molecule has 0 unspecified atom stereocenters. The average molecular weight is 220 g/mol. The summed E-state index contributed by atoms with van der Waals surface area (Å²) < 4.78 is 26.4. The first kappa shape index (κ1) is 11.4. The fraction of sp³-hybridized carbons (Fsp3) is 0.400. The molecule has 0 atom stereocenters. The summed E-state index contributed by atoms with van der Waals surface area (Å²) in [7, 11) is 0. The molecule has 4 heteroatoms. The van der Waals surface area contributed by atoms with Gasteiger partial charge in [0, 0.05) is 22.5 Å². The van der Waals surface area contributed by atoms with Crippen LogP contribution in [0.1, 0.15) is 19.4 Å². The Balaban J connectivity index is 3.40. The summed E-state index contributed by atoms with van der Waals surface area (Å²) in [4.78, 5) is 0. The zero-order valence-electron chi connectivity index (χ0n) is 8.07. The van der Waals surface area contributed by atoms with Crippen LogP contribution in [0.2, 0.25) is 5.02 Å². The molecule has 1 aromatic rings. The van der Waals surface area contributed by atoms with Crippen molar-refractivity contribution >= 4 is 11.6 Å². The number of rotatable bonds is 2. The molecular weight excluding hydrogens is 208 g/mol. The first-order valence-electron chi connectivity index (χ1n) is 4.24. The predicted octanol–water partition coefficient (Wildman–Crippen LogP) is 2.85. The minimum absolute atomic E-state index is 0.140. The first-order chi connectivity index (χ1) is 6.40. The van der Waals surface area contributed by atoms with Crippen LogP contribution >= 0.6 is 11.6 Å². The zero-order chi connectivity index (χ0) is 10.9. The van der Waals surface area contributed by atoms with Crippen molar-refractivity contribution in [3.63, 3.8) is 0 Å². The van der Waals surface area contributed by atoms with Crippen LogP contribution in [0, 0.1) is 11.6 Å². The van der Waals surface area contributed by atoms with Gasteiger partial charge in [-0.15, -0.1) is 0 Å². The van der Waals surface area contributed by atoms with E-state index >= 15 is 0 Å². The van der Waals surface area contributed by atoms with Crippen molar-refractivity contribution in [2.45, 2.75) is 19.3 Å². The summed E-state index contributed by atoms with van der Waals surface area (Å²) in [6.45, 7) is 3.64. The van der Waals surface area contributed by atoms with Crippen molar-refractivity contribution < 1.29 is 8.78 Å². The van der Waals surface area contributed by atoms with Gasteiger partial charge in [-0.05, 0) is 12.1 Å². The molecule has 2 N–H and O–H groups in total. The Morgan fingerprint density at radius 3 is 2.43 bits per heavy atom. The van der Waals surface area contributed by atoms with Crippen LogP contribution in [0.4, 0.5) is 8.78 Å². The summed E-state index contributed by atoms with van der Waals surface area (Å²) in [6, 6.07) is 2.35. The van der Waals surface area contributed by atoms with Crippen molar-refractivity contribution in [3.05, 3.63) is 34.4 Å². The van der Waals surface area contributed by atoms with Gasteiger partial charge < -0.3 is 5.73 Å². The Morgan fingerprint density at radius 1 is 1.36 bits per heavy atom. The molecule has 78 valence electrons. The quantitative estimate of drug-likeness (QED) is 0.761. The lowest BCUT2D eigenvalue weighted by Crippen LogP contribution is -2.30. The Labute approximate surface area is 86.9 Å². The van der Waals surface area contributed by atoms with Gasteiger partial charge in [-0.3, -0.25) is 0 Å². The van der Waals surface area contributed by atoms with Crippen molar-refractivity contribution in [2.75, 3.05) is 6.54 Å². The number of halogens is 3. The lowest BCUT2D eigenvalue weighted by atomic mass is 9.84. The maximum absolute atomic E-state index is 13.4. The number of hydrogen-bond acceptors (Lipinski definition) is 1. The summed E-state index contributed by atoms with van der Waals surface area (Å²) in [5.74, 6) is -1.81. The van der Waals surface area contributed by atoms with Crippen LogP contribution in [0.15, 0.2) is 12.1 Å². The fourth-order valence-electron chi connectivity index (χ4n) is 1.25. The normalized spacial score (nSPS) is 11.9. The second-order valence-corrected chi connectivity index (χ2v) is 4.21. The lowest BCUT2D eigenvalue weighted by Gasteiger charge is -2.24. The third-order valence-corrected chi connectivity index (χ3v) is 2.55. The minimum atomic E-state index is -0.909. The van der Waals surface area contributed by atoms with E-state index < -0.39 is 17.0 Å². The fourth-order valence-corrected chi connectivity index (χ4v) is 1.65. The van der Waals surface area contributed by atoms with Gasteiger partial charge in [-0.2, -0.15) is 0 Å². The Morgan fingerprint density at radius 2 is 1.93 bits per heavy atom. The second kappa shape index (κ2) is 3.83. The van der Waals surface area contributed by atoms with E-state index in [2.05, 4.69) is 0 Å². The van der Waals surface area contributed by atoms with E-state index in [1.54, 1.807) is 13.8 Å². The van der Waals surface area contributed by atoms with Crippen molar-refractivity contribution in [3.8, 4) is 0 Å². The first-order valence-corrected chi connectivity index (χ1v) is 4.62. The molecule has 0 aliphatic rings. The topological polar surface area (TPSA) is 26.0 Å². The van der Waals surface area contributed by atoms with Crippen molar-refractivity contribution in [2.24, 2.45) is 5.73 Å². The molecule has 0 bridgehead atoms. The number of nitrogens with two attached hydrogens (primary N) is 1. The van der Waals surface area contributed by atoms with E-state index in [9.17, 15) is 8.78 Å². The molecule has 0 saturated heterocycles. The Bertz CT molecular complexity index is 350. The molecule has 0 radical (unpaired) electrons. The maximum atomic E-state index is 13.4. The van der Waals surface area contributed by atoms with E-state index in [1.807, 2.05) is 0 Å². The SMILES string of the molecule is CC(C)(CN)c1c(Cl)ccc(F)c1F. The van der Waals surface area contributed by atoms with Crippen LogP contribution < -0.4 is 5.73 Å². The highest BCUT2D eigenvalue weighted by Crippen LogP contribution is 2.32. The largest absolute Gasteiger partial charge is 0.330 e. The van der Waals surface area contributed by atoms with E-state index in [1.165, 1.54) is 6.07 Å². The van der Waals surface area contributed by atoms with Gasteiger partial charge in [0.15, 0.2) is 11.6 Å². The molecule has 0 saturated carbocycles. The molecule has 0 amide bonds. The minimum Gasteiger partial charge on any atom is -0.330 e. The monoisotopic (exact) mass is 219 g/mol. The molecule has 1 nitrogen and oxygen atoms in total. The zero-order valence-corrected chi connectivity index (χ0v) is 8.83. The van der Waals surface area contributed by atoms with Crippen LogP contribution in [0.5, 0.6) is 0 Å². The predicted molar refractivity (Wildman–Crippen MR) is 53.4 cm³/mol. The Kier molecular flexibility index (Phi) is 3.12. The molecule has 0 aliphatic heterocycles. The third-order valence-electron chi connectivity index (χ3n) is 2.23. The van der Waals surface area contributed by atoms with Crippen LogP contribution in [0.25, 0.3) is 0 Å². The van der Waals surface area contributed by atoms with Crippen LogP contribution in [0.3, 0.4) is 0 Å². The summed E-state index contributed by atoms with van der Waals surface area (Å²) in [6.07, 6.45) is 0. The highest BCUT2D eigenvalue weighted by Gasteiger charge is 2.27. The van der Waals surface area contributed by atoms with Gasteiger partial charge in [0.05, 0.1) is 0 Å². The third kappa shape index (κ3) is 1.88. The van der Waals surface area contributed by atoms with E-state index in [0.717, 1.165) is 6.07 Å². The van der Waals surface area contributed by atoms with E-state index in [-0.39, 0.29) is 17.1 Å². The summed E-state index contributed by atoms with van der Waals surface area (Å²) >= 11 is 5.80. The molecule has 1 aromatic carbocycles. The van der Waals surface area contributed by atoms with Gasteiger partial charge in [-0.25, -0.2) is 8.78 Å². The van der Waals surface area contributed by atoms with Gasteiger partial charge in [0.2, 0.25) is 0 Å². The van der Waals surface area contributed by atoms with Gasteiger partial charge in [0.1, 0.15) is 0 Å². The molecule has 1 rings (SSSR count). The van der Waals surface area contributed by atoms with Gasteiger partial charge in [0.25, 0.3) is 0 Å². The summed E-state index contributed by atoms with van der Waals surface area (Å²) in [5, 5.41) is 0.208. The smallest absolute Gasteiger partial charge is 0.164 e. The molecule has 0 fully saturated rings. The van der Waals surface area contributed by atoms with Crippen LogP contribution in [-0.4, -0.2) is 6.54 Å². The molecule has 0 heterocycles. The standard InChI is InChI=1S/C10H12ClF2N/c1-10(2,5-14)8-6(11)3-4-7(12)9(8)13/h3-4H,5,14H2,1-2H3. The van der Waals surface area contributed by atoms with E-state index in [0.29, 0.717) is 0 Å². The maximum Gasteiger partial charge on any atom is 0.164 e. The molecule has 0 aliphatic carbocycles. The molecular formula is C10H12ClF2N. The van der Waals surface area contributed by atoms with E-state index in [4.69, 9.17) is 17.3 Å². The number of benzene rings is 1. The molecule has 14 heavy (non-hydrogen) atoms. The van der Waals surface area contributed by atoms with Crippen LogP contribution in [-0.2, 0) is 5.41 Å². The average Bonchev–Trinajstić information content (AvgIpc) is 2.12. The molecule has 0 aromatic heterocycles. The highest BCUT2D eigenvalue weighted by molar-refractivity contribution is 6.31. The van der Waals surface area contributed by atoms with Crippen molar-refractivity contribution in [1.82, 2.24) is 0 Å². The Hall–Kier alpha value is -0.670. The van der Waals surface area contributed by atoms with Gasteiger partial charge in [-0.1, -0.05) is 25.4 Å². The highest BCUT2D eigenvalue weighted by atomic mass is 35.5.